The second-order valence-corrected chi connectivity index (χ2v) is 5.54. The molecule has 0 aromatic rings. The van der Waals surface area contributed by atoms with Crippen LogP contribution in [0.4, 0.5) is 0 Å². The summed E-state index contributed by atoms with van der Waals surface area (Å²) in [4.78, 5) is 14.0. The monoisotopic (exact) mass is 212 g/mol. The lowest BCUT2D eigenvalue weighted by Crippen LogP contribution is -2.42. The summed E-state index contributed by atoms with van der Waals surface area (Å²) in [7, 11) is 0. The quantitative estimate of drug-likeness (QED) is 0.750. The van der Waals surface area contributed by atoms with Crippen molar-refractivity contribution in [1.29, 1.82) is 0 Å². The third-order valence-corrected chi connectivity index (χ3v) is 3.29. The average Bonchev–Trinajstić information content (AvgIpc) is 2.91. The fourth-order valence-electron chi connectivity index (χ4n) is 1.83. The molecule has 1 saturated carbocycles. The van der Waals surface area contributed by atoms with E-state index >= 15 is 0 Å². The van der Waals surface area contributed by atoms with Crippen molar-refractivity contribution in [2.45, 2.75) is 34.1 Å². The normalized spacial score (nSPS) is 25.1. The van der Waals surface area contributed by atoms with Crippen molar-refractivity contribution in [3.05, 3.63) is 0 Å². The van der Waals surface area contributed by atoms with Gasteiger partial charge in [0, 0.05) is 19.0 Å². The molecule has 0 radical (unpaired) electrons. The Morgan fingerprint density at radius 3 is 2.40 bits per heavy atom. The van der Waals surface area contributed by atoms with Crippen molar-refractivity contribution in [3.8, 4) is 0 Å². The summed E-state index contributed by atoms with van der Waals surface area (Å²) in [6.45, 7) is 10.6. The Labute approximate surface area is 93.0 Å². The van der Waals surface area contributed by atoms with Gasteiger partial charge in [0.05, 0.1) is 0 Å². The molecule has 88 valence electrons. The van der Waals surface area contributed by atoms with Gasteiger partial charge in [-0.05, 0) is 31.2 Å². The molecule has 0 bridgehead atoms. The number of amides is 1. The summed E-state index contributed by atoms with van der Waals surface area (Å²) in [6, 6.07) is 0. The first-order valence-corrected chi connectivity index (χ1v) is 5.90. The summed E-state index contributed by atoms with van der Waals surface area (Å²) in [5.74, 6) is 1.21. The second kappa shape index (κ2) is 4.52. The minimum atomic E-state index is 0.0315. The van der Waals surface area contributed by atoms with Gasteiger partial charge in [-0.3, -0.25) is 4.79 Å². The van der Waals surface area contributed by atoms with E-state index in [2.05, 4.69) is 20.8 Å². The molecular weight excluding hydrogens is 188 g/mol. The Morgan fingerprint density at radius 2 is 2.07 bits per heavy atom. The minimum Gasteiger partial charge on any atom is -0.342 e. The SMILES string of the molecule is CCN(CC(C)(C)CN)C(=O)C1CC1C. The highest BCUT2D eigenvalue weighted by molar-refractivity contribution is 5.81. The van der Waals surface area contributed by atoms with Gasteiger partial charge in [0.2, 0.25) is 5.91 Å². The molecule has 1 rings (SSSR count). The third kappa shape index (κ3) is 3.20. The van der Waals surface area contributed by atoms with Crippen LogP contribution < -0.4 is 5.73 Å². The van der Waals surface area contributed by atoms with Crippen LogP contribution in [0.5, 0.6) is 0 Å². The maximum atomic E-state index is 12.0. The number of rotatable bonds is 5. The standard InChI is InChI=1S/C12H24N2O/c1-5-14(8-12(3,4)7-13)11(15)10-6-9(10)2/h9-10H,5-8,13H2,1-4H3. The summed E-state index contributed by atoms with van der Waals surface area (Å²) >= 11 is 0. The molecule has 15 heavy (non-hydrogen) atoms. The highest BCUT2D eigenvalue weighted by Crippen LogP contribution is 2.39. The number of nitrogens with zero attached hydrogens (tertiary/aromatic N) is 1. The van der Waals surface area contributed by atoms with Crippen LogP contribution in [-0.4, -0.2) is 30.4 Å². The molecule has 1 aliphatic carbocycles. The summed E-state index contributed by atoms with van der Waals surface area (Å²) in [5, 5.41) is 0. The van der Waals surface area contributed by atoms with E-state index in [9.17, 15) is 4.79 Å². The van der Waals surface area contributed by atoms with E-state index in [1.807, 2.05) is 11.8 Å². The largest absolute Gasteiger partial charge is 0.342 e. The Balaban J connectivity index is 2.52. The Kier molecular flexibility index (Phi) is 3.77. The molecule has 3 heteroatoms. The molecule has 0 heterocycles. The number of hydrogen-bond donors (Lipinski definition) is 1. The lowest BCUT2D eigenvalue weighted by molar-refractivity contribution is -0.134. The number of hydrogen-bond acceptors (Lipinski definition) is 2. The number of nitrogens with two attached hydrogens (primary N) is 1. The summed E-state index contributed by atoms with van der Waals surface area (Å²) in [5.41, 5.74) is 5.72. The molecule has 0 aliphatic heterocycles. The van der Waals surface area contributed by atoms with Crippen LogP contribution in [0.2, 0.25) is 0 Å². The van der Waals surface area contributed by atoms with Gasteiger partial charge in [-0.1, -0.05) is 20.8 Å². The van der Waals surface area contributed by atoms with E-state index in [0.717, 1.165) is 19.5 Å². The predicted octanol–water partition coefficient (Wildman–Crippen LogP) is 1.48. The van der Waals surface area contributed by atoms with Crippen molar-refractivity contribution in [2.75, 3.05) is 19.6 Å². The molecule has 1 amide bonds. The fraction of sp³-hybridized carbons (Fsp3) is 0.917. The zero-order chi connectivity index (χ0) is 11.6. The first kappa shape index (κ1) is 12.5. The lowest BCUT2D eigenvalue weighted by atomic mass is 9.93. The van der Waals surface area contributed by atoms with Crippen LogP contribution in [-0.2, 0) is 4.79 Å². The molecule has 2 N–H and O–H groups in total. The van der Waals surface area contributed by atoms with Crippen LogP contribution in [0.1, 0.15) is 34.1 Å². The topological polar surface area (TPSA) is 46.3 Å². The van der Waals surface area contributed by atoms with Crippen LogP contribution in [0.25, 0.3) is 0 Å². The van der Waals surface area contributed by atoms with Crippen LogP contribution in [0.15, 0.2) is 0 Å². The average molecular weight is 212 g/mol. The molecule has 0 saturated heterocycles. The Morgan fingerprint density at radius 1 is 1.53 bits per heavy atom. The molecule has 2 atom stereocenters. The summed E-state index contributed by atoms with van der Waals surface area (Å²) in [6.07, 6.45) is 1.07. The van der Waals surface area contributed by atoms with E-state index in [1.54, 1.807) is 0 Å². The highest BCUT2D eigenvalue weighted by Gasteiger charge is 2.41. The molecule has 1 aliphatic rings. The fourth-order valence-corrected chi connectivity index (χ4v) is 1.83. The van der Waals surface area contributed by atoms with Crippen LogP contribution in [0, 0.1) is 17.3 Å². The first-order valence-electron chi connectivity index (χ1n) is 5.90. The number of carbonyl (C=O) groups is 1. The maximum Gasteiger partial charge on any atom is 0.225 e. The van der Waals surface area contributed by atoms with Gasteiger partial charge in [-0.2, -0.15) is 0 Å². The van der Waals surface area contributed by atoms with E-state index in [4.69, 9.17) is 5.73 Å². The number of carbonyl (C=O) groups excluding carboxylic acids is 1. The van der Waals surface area contributed by atoms with Gasteiger partial charge >= 0.3 is 0 Å². The van der Waals surface area contributed by atoms with E-state index in [1.165, 1.54) is 0 Å². The second-order valence-electron chi connectivity index (χ2n) is 5.54. The zero-order valence-corrected chi connectivity index (χ0v) is 10.4. The van der Waals surface area contributed by atoms with Crippen molar-refractivity contribution < 1.29 is 4.79 Å². The van der Waals surface area contributed by atoms with E-state index < -0.39 is 0 Å². The van der Waals surface area contributed by atoms with Crippen molar-refractivity contribution >= 4 is 5.91 Å². The van der Waals surface area contributed by atoms with Gasteiger partial charge < -0.3 is 10.6 Å². The highest BCUT2D eigenvalue weighted by atomic mass is 16.2. The molecule has 0 aromatic heterocycles. The molecule has 3 nitrogen and oxygen atoms in total. The smallest absolute Gasteiger partial charge is 0.225 e. The lowest BCUT2D eigenvalue weighted by Gasteiger charge is -2.31. The van der Waals surface area contributed by atoms with E-state index in [0.29, 0.717) is 24.3 Å². The molecule has 0 aromatic carbocycles. The van der Waals surface area contributed by atoms with E-state index in [-0.39, 0.29) is 5.41 Å². The minimum absolute atomic E-state index is 0.0315. The Bertz CT molecular complexity index is 238. The predicted molar refractivity (Wildman–Crippen MR) is 62.4 cm³/mol. The van der Waals surface area contributed by atoms with Gasteiger partial charge in [0.15, 0.2) is 0 Å². The van der Waals surface area contributed by atoms with Crippen LogP contribution >= 0.6 is 0 Å². The maximum absolute atomic E-state index is 12.0. The van der Waals surface area contributed by atoms with Gasteiger partial charge in [-0.25, -0.2) is 0 Å². The molecule has 1 fully saturated rings. The molecule has 0 spiro atoms. The molecule has 2 unspecified atom stereocenters. The zero-order valence-electron chi connectivity index (χ0n) is 10.4. The van der Waals surface area contributed by atoms with Crippen LogP contribution in [0.3, 0.4) is 0 Å². The van der Waals surface area contributed by atoms with Crippen molar-refractivity contribution in [2.24, 2.45) is 23.0 Å². The molecular formula is C12H24N2O. The van der Waals surface area contributed by atoms with Crippen molar-refractivity contribution in [3.63, 3.8) is 0 Å². The van der Waals surface area contributed by atoms with Crippen molar-refractivity contribution in [1.82, 2.24) is 4.90 Å². The van der Waals surface area contributed by atoms with Gasteiger partial charge in [0.25, 0.3) is 0 Å². The third-order valence-electron chi connectivity index (χ3n) is 3.29. The summed E-state index contributed by atoms with van der Waals surface area (Å²) < 4.78 is 0. The first-order chi connectivity index (χ1) is 6.91. The van der Waals surface area contributed by atoms with Gasteiger partial charge in [0.1, 0.15) is 0 Å². The van der Waals surface area contributed by atoms with Gasteiger partial charge in [-0.15, -0.1) is 0 Å². The Hall–Kier alpha value is -0.570.